The molecule has 1 unspecified atom stereocenters. The molecule has 0 bridgehead atoms. The topological polar surface area (TPSA) is 29.5 Å². The lowest BCUT2D eigenvalue weighted by Gasteiger charge is -2.41. The van der Waals surface area contributed by atoms with E-state index in [9.17, 15) is 5.11 Å². The molecule has 1 aliphatic carbocycles. The molecule has 0 spiro atoms. The van der Waals surface area contributed by atoms with Crippen LogP contribution in [-0.2, 0) is 4.74 Å². The van der Waals surface area contributed by atoms with Crippen molar-refractivity contribution in [3.05, 3.63) is 0 Å². The van der Waals surface area contributed by atoms with Gasteiger partial charge in [0.25, 0.3) is 0 Å². The number of ether oxygens (including phenoxy) is 1. The Balaban J connectivity index is 2.48. The second-order valence-corrected chi connectivity index (χ2v) is 4.76. The molecule has 0 aromatic rings. The van der Waals surface area contributed by atoms with Crippen molar-refractivity contribution in [2.75, 3.05) is 20.3 Å². The van der Waals surface area contributed by atoms with Crippen LogP contribution in [0.4, 0.5) is 0 Å². The van der Waals surface area contributed by atoms with Gasteiger partial charge in [-0.1, -0.05) is 26.2 Å². The van der Waals surface area contributed by atoms with Gasteiger partial charge in [0, 0.05) is 20.3 Å². The average molecular weight is 200 g/mol. The molecule has 0 radical (unpaired) electrons. The van der Waals surface area contributed by atoms with Crippen molar-refractivity contribution in [2.45, 2.75) is 45.4 Å². The second-order valence-electron chi connectivity index (χ2n) is 4.76. The predicted octanol–water partition coefficient (Wildman–Crippen LogP) is 2.60. The van der Waals surface area contributed by atoms with Crippen molar-refractivity contribution < 1.29 is 9.84 Å². The van der Waals surface area contributed by atoms with Crippen LogP contribution in [0, 0.1) is 11.3 Å². The van der Waals surface area contributed by atoms with Gasteiger partial charge in [0.05, 0.1) is 0 Å². The molecule has 0 aliphatic heterocycles. The Morgan fingerprint density at radius 1 is 1.29 bits per heavy atom. The first-order chi connectivity index (χ1) is 6.75. The Hall–Kier alpha value is -0.0800. The Morgan fingerprint density at radius 2 is 1.93 bits per heavy atom. The third kappa shape index (κ3) is 2.71. The van der Waals surface area contributed by atoms with Crippen LogP contribution in [0.25, 0.3) is 0 Å². The predicted molar refractivity (Wildman–Crippen MR) is 58.3 cm³/mol. The minimum absolute atomic E-state index is 0.205. The molecule has 1 rings (SSSR count). The van der Waals surface area contributed by atoms with Crippen molar-refractivity contribution in [3.8, 4) is 0 Å². The number of aliphatic hydroxyl groups excluding tert-OH is 1. The molecule has 84 valence electrons. The van der Waals surface area contributed by atoms with Gasteiger partial charge in [0.1, 0.15) is 0 Å². The normalized spacial score (nSPS) is 23.4. The van der Waals surface area contributed by atoms with Gasteiger partial charge in [-0.15, -0.1) is 0 Å². The van der Waals surface area contributed by atoms with Crippen molar-refractivity contribution in [1.29, 1.82) is 0 Å². The van der Waals surface area contributed by atoms with Gasteiger partial charge in [-0.25, -0.2) is 0 Å². The molecule has 2 heteroatoms. The molecular formula is C12H24O2. The Labute approximate surface area is 87.7 Å². The van der Waals surface area contributed by atoms with Crippen LogP contribution in [-0.4, -0.2) is 25.4 Å². The highest BCUT2D eigenvalue weighted by molar-refractivity contribution is 4.86. The summed E-state index contributed by atoms with van der Waals surface area (Å²) in [6, 6.07) is 0. The van der Waals surface area contributed by atoms with Crippen LogP contribution >= 0.6 is 0 Å². The molecule has 1 aliphatic rings. The number of methoxy groups -OCH3 is 1. The van der Waals surface area contributed by atoms with Crippen LogP contribution in [0.3, 0.4) is 0 Å². The summed E-state index contributed by atoms with van der Waals surface area (Å²) in [6.07, 6.45) is 7.41. The molecular weight excluding hydrogens is 176 g/mol. The highest BCUT2D eigenvalue weighted by atomic mass is 16.5. The fourth-order valence-corrected chi connectivity index (χ4v) is 2.66. The Morgan fingerprint density at radius 3 is 2.43 bits per heavy atom. The molecule has 1 saturated carbocycles. The van der Waals surface area contributed by atoms with Gasteiger partial charge in [0.15, 0.2) is 0 Å². The quantitative estimate of drug-likeness (QED) is 0.739. The SMILES string of the molecule is COCCC(C)C1(CO)CCCCC1. The third-order valence-corrected chi connectivity index (χ3v) is 3.96. The maximum Gasteiger partial charge on any atom is 0.0489 e. The number of aliphatic hydroxyl groups is 1. The molecule has 0 heterocycles. The van der Waals surface area contributed by atoms with Crippen LogP contribution < -0.4 is 0 Å². The molecule has 0 saturated heterocycles. The van der Waals surface area contributed by atoms with E-state index in [0.717, 1.165) is 13.0 Å². The highest BCUT2D eigenvalue weighted by Gasteiger charge is 2.36. The van der Waals surface area contributed by atoms with E-state index in [1.54, 1.807) is 7.11 Å². The van der Waals surface area contributed by atoms with E-state index in [0.29, 0.717) is 12.5 Å². The molecule has 0 aromatic heterocycles. The zero-order valence-corrected chi connectivity index (χ0v) is 9.59. The van der Waals surface area contributed by atoms with Gasteiger partial charge < -0.3 is 9.84 Å². The van der Waals surface area contributed by atoms with Crippen molar-refractivity contribution >= 4 is 0 Å². The second kappa shape index (κ2) is 5.72. The number of hydrogen-bond acceptors (Lipinski definition) is 2. The monoisotopic (exact) mass is 200 g/mol. The maximum absolute atomic E-state index is 9.57. The van der Waals surface area contributed by atoms with Gasteiger partial charge in [-0.3, -0.25) is 0 Å². The number of rotatable bonds is 5. The summed E-state index contributed by atoms with van der Waals surface area (Å²) in [5.41, 5.74) is 0.205. The first-order valence-corrected chi connectivity index (χ1v) is 5.85. The third-order valence-electron chi connectivity index (χ3n) is 3.96. The first kappa shape index (κ1) is 12.0. The minimum Gasteiger partial charge on any atom is -0.396 e. The minimum atomic E-state index is 0.205. The molecule has 14 heavy (non-hydrogen) atoms. The van der Waals surface area contributed by atoms with E-state index >= 15 is 0 Å². The summed E-state index contributed by atoms with van der Waals surface area (Å²) < 4.78 is 5.11. The van der Waals surface area contributed by atoms with Gasteiger partial charge >= 0.3 is 0 Å². The summed E-state index contributed by atoms with van der Waals surface area (Å²) in [7, 11) is 1.75. The van der Waals surface area contributed by atoms with E-state index in [1.165, 1.54) is 32.1 Å². The summed E-state index contributed by atoms with van der Waals surface area (Å²) in [5.74, 6) is 0.591. The van der Waals surface area contributed by atoms with E-state index in [-0.39, 0.29) is 5.41 Å². The van der Waals surface area contributed by atoms with Gasteiger partial charge in [0.2, 0.25) is 0 Å². The van der Waals surface area contributed by atoms with Crippen molar-refractivity contribution in [3.63, 3.8) is 0 Å². The molecule has 1 atom stereocenters. The summed E-state index contributed by atoms with van der Waals surface area (Å²) >= 11 is 0. The van der Waals surface area contributed by atoms with Gasteiger partial charge in [-0.05, 0) is 30.6 Å². The Kier molecular flexibility index (Phi) is 4.90. The molecule has 1 N–H and O–H groups in total. The molecule has 0 aromatic carbocycles. The van der Waals surface area contributed by atoms with Crippen molar-refractivity contribution in [2.24, 2.45) is 11.3 Å². The maximum atomic E-state index is 9.57. The van der Waals surface area contributed by atoms with E-state index < -0.39 is 0 Å². The Bertz CT molecular complexity index is 150. The molecule has 0 amide bonds. The van der Waals surface area contributed by atoms with E-state index in [1.807, 2.05) is 0 Å². The summed E-state index contributed by atoms with van der Waals surface area (Å²) in [6.45, 7) is 3.45. The lowest BCUT2D eigenvalue weighted by molar-refractivity contribution is 0.0164. The zero-order chi connectivity index (χ0) is 10.4. The largest absolute Gasteiger partial charge is 0.396 e. The fraction of sp³-hybridized carbons (Fsp3) is 1.00. The molecule has 1 fully saturated rings. The smallest absolute Gasteiger partial charge is 0.0489 e. The fourth-order valence-electron chi connectivity index (χ4n) is 2.66. The summed E-state index contributed by atoms with van der Waals surface area (Å²) in [5, 5.41) is 9.57. The lowest BCUT2D eigenvalue weighted by Crippen LogP contribution is -2.35. The van der Waals surface area contributed by atoms with E-state index in [2.05, 4.69) is 6.92 Å². The van der Waals surface area contributed by atoms with Crippen LogP contribution in [0.2, 0.25) is 0 Å². The standard InChI is InChI=1S/C12H24O2/c1-11(6-9-14-2)12(10-13)7-4-3-5-8-12/h11,13H,3-10H2,1-2H3. The zero-order valence-electron chi connectivity index (χ0n) is 9.59. The molecule has 2 nitrogen and oxygen atoms in total. The van der Waals surface area contributed by atoms with Gasteiger partial charge in [-0.2, -0.15) is 0 Å². The first-order valence-electron chi connectivity index (χ1n) is 5.85. The van der Waals surface area contributed by atoms with Crippen molar-refractivity contribution in [1.82, 2.24) is 0 Å². The van der Waals surface area contributed by atoms with Crippen LogP contribution in [0.5, 0.6) is 0 Å². The average Bonchev–Trinajstić information content (AvgIpc) is 2.26. The highest BCUT2D eigenvalue weighted by Crippen LogP contribution is 2.43. The van der Waals surface area contributed by atoms with E-state index in [4.69, 9.17) is 4.74 Å². The van der Waals surface area contributed by atoms with Crippen LogP contribution in [0.1, 0.15) is 45.4 Å². The number of hydrogen-bond donors (Lipinski definition) is 1. The van der Waals surface area contributed by atoms with Crippen LogP contribution in [0.15, 0.2) is 0 Å². The summed E-state index contributed by atoms with van der Waals surface area (Å²) in [4.78, 5) is 0. The lowest BCUT2D eigenvalue weighted by atomic mass is 9.66.